The highest BCUT2D eigenvalue weighted by Crippen LogP contribution is 2.15. The van der Waals surface area contributed by atoms with Gasteiger partial charge in [0.25, 0.3) is 0 Å². The van der Waals surface area contributed by atoms with Crippen molar-refractivity contribution >= 4 is 23.2 Å². The Morgan fingerprint density at radius 3 is 3.00 bits per heavy atom. The van der Waals surface area contributed by atoms with E-state index >= 15 is 0 Å². The molecule has 0 aliphatic heterocycles. The Kier molecular flexibility index (Phi) is 4.16. The van der Waals surface area contributed by atoms with Crippen molar-refractivity contribution < 1.29 is 9.18 Å². The van der Waals surface area contributed by atoms with Crippen LogP contribution in [-0.2, 0) is 11.3 Å². The monoisotopic (exact) mass is 281 g/mol. The summed E-state index contributed by atoms with van der Waals surface area (Å²) in [6.07, 6.45) is 3.33. The lowest BCUT2D eigenvalue weighted by Gasteiger charge is -2.07. The number of aromatic nitrogens is 2. The van der Waals surface area contributed by atoms with Crippen LogP contribution in [0.3, 0.4) is 0 Å². The summed E-state index contributed by atoms with van der Waals surface area (Å²) < 4.78 is 15.0. The van der Waals surface area contributed by atoms with Gasteiger partial charge in [0, 0.05) is 19.2 Å². The van der Waals surface area contributed by atoms with Crippen LogP contribution < -0.4 is 5.32 Å². The number of carbonyl (C=O) groups excluding carboxylic acids is 1. The summed E-state index contributed by atoms with van der Waals surface area (Å²) in [5.41, 5.74) is 1.08. The number of hydrogen-bond donors (Lipinski definition) is 1. The smallest absolute Gasteiger partial charge is 0.226 e. The van der Waals surface area contributed by atoms with Crippen molar-refractivity contribution in [2.75, 3.05) is 5.32 Å². The van der Waals surface area contributed by atoms with E-state index in [0.717, 1.165) is 5.56 Å². The van der Waals surface area contributed by atoms with Gasteiger partial charge in [-0.3, -0.25) is 9.48 Å². The van der Waals surface area contributed by atoms with Crippen LogP contribution in [0.4, 0.5) is 10.1 Å². The third kappa shape index (κ3) is 3.79. The van der Waals surface area contributed by atoms with Crippen LogP contribution in [0.2, 0.25) is 5.02 Å². The maximum atomic E-state index is 13.4. The molecule has 0 fully saturated rings. The molecule has 100 valence electrons. The van der Waals surface area contributed by atoms with Crippen LogP contribution >= 0.6 is 11.6 Å². The fourth-order valence-electron chi connectivity index (χ4n) is 1.62. The van der Waals surface area contributed by atoms with E-state index in [2.05, 4.69) is 10.4 Å². The van der Waals surface area contributed by atoms with E-state index in [1.54, 1.807) is 23.0 Å². The molecule has 0 spiro atoms. The zero-order chi connectivity index (χ0) is 13.8. The number of carbonyl (C=O) groups is 1. The van der Waals surface area contributed by atoms with Gasteiger partial charge in [0.2, 0.25) is 5.91 Å². The topological polar surface area (TPSA) is 46.9 Å². The molecule has 0 unspecified atom stereocenters. The normalized spacial score (nSPS) is 10.5. The molecule has 1 N–H and O–H groups in total. The van der Waals surface area contributed by atoms with Crippen LogP contribution in [0.25, 0.3) is 0 Å². The highest BCUT2D eigenvalue weighted by atomic mass is 35.5. The van der Waals surface area contributed by atoms with Gasteiger partial charge in [-0.15, -0.1) is 0 Å². The van der Waals surface area contributed by atoms with E-state index in [1.807, 2.05) is 6.92 Å². The lowest BCUT2D eigenvalue weighted by molar-refractivity contribution is -0.116. The van der Waals surface area contributed by atoms with Gasteiger partial charge in [0.15, 0.2) is 0 Å². The van der Waals surface area contributed by atoms with Gasteiger partial charge in [0.05, 0.1) is 16.9 Å². The summed E-state index contributed by atoms with van der Waals surface area (Å²) in [4.78, 5) is 11.7. The summed E-state index contributed by atoms with van der Waals surface area (Å²) in [7, 11) is 0. The Morgan fingerprint density at radius 1 is 1.53 bits per heavy atom. The largest absolute Gasteiger partial charge is 0.324 e. The molecule has 0 atom stereocenters. The van der Waals surface area contributed by atoms with E-state index in [1.165, 1.54) is 12.3 Å². The number of amides is 1. The second-order valence-electron chi connectivity index (χ2n) is 4.20. The first-order valence-electron chi connectivity index (χ1n) is 5.78. The number of nitrogens with zero attached hydrogens (tertiary/aromatic N) is 2. The summed E-state index contributed by atoms with van der Waals surface area (Å²) in [5, 5.41) is 7.02. The maximum Gasteiger partial charge on any atom is 0.226 e. The molecular formula is C13H13ClFN3O. The lowest BCUT2D eigenvalue weighted by atomic mass is 10.2. The Labute approximate surface area is 115 Å². The molecule has 0 aliphatic rings. The van der Waals surface area contributed by atoms with Crippen LogP contribution in [0.15, 0.2) is 30.6 Å². The fourth-order valence-corrected chi connectivity index (χ4v) is 1.78. The van der Waals surface area contributed by atoms with Gasteiger partial charge in [0.1, 0.15) is 5.82 Å². The predicted octanol–water partition coefficient (Wildman–Crippen LogP) is 3.01. The summed E-state index contributed by atoms with van der Waals surface area (Å²) in [5.74, 6) is -0.711. The van der Waals surface area contributed by atoms with Crippen molar-refractivity contribution in [2.45, 2.75) is 19.9 Å². The molecule has 1 amide bonds. The molecule has 1 heterocycles. The second kappa shape index (κ2) is 5.84. The van der Waals surface area contributed by atoms with Crippen molar-refractivity contribution in [2.24, 2.45) is 0 Å². The van der Waals surface area contributed by atoms with Gasteiger partial charge in [-0.1, -0.05) is 17.7 Å². The molecule has 2 aromatic rings. The van der Waals surface area contributed by atoms with Gasteiger partial charge in [-0.25, -0.2) is 4.39 Å². The van der Waals surface area contributed by atoms with Crippen molar-refractivity contribution in [3.05, 3.63) is 47.0 Å². The highest BCUT2D eigenvalue weighted by molar-refractivity contribution is 6.30. The third-order valence-corrected chi connectivity index (χ3v) is 2.76. The average Bonchev–Trinajstić information content (AvgIpc) is 2.77. The molecular weight excluding hydrogens is 269 g/mol. The molecule has 6 heteroatoms. The molecule has 19 heavy (non-hydrogen) atoms. The quantitative estimate of drug-likeness (QED) is 0.936. The fraction of sp³-hybridized carbons (Fsp3) is 0.231. The van der Waals surface area contributed by atoms with Crippen molar-refractivity contribution in [1.29, 1.82) is 0 Å². The predicted molar refractivity (Wildman–Crippen MR) is 71.6 cm³/mol. The van der Waals surface area contributed by atoms with Gasteiger partial charge >= 0.3 is 0 Å². The molecule has 0 bridgehead atoms. The van der Waals surface area contributed by atoms with E-state index < -0.39 is 5.82 Å². The molecule has 0 saturated heterocycles. The van der Waals surface area contributed by atoms with Crippen LogP contribution in [-0.4, -0.2) is 15.7 Å². The van der Waals surface area contributed by atoms with Crippen molar-refractivity contribution in [1.82, 2.24) is 9.78 Å². The molecule has 0 aliphatic carbocycles. The Hall–Kier alpha value is -1.88. The molecule has 1 aromatic carbocycles. The van der Waals surface area contributed by atoms with E-state index in [-0.39, 0.29) is 18.0 Å². The zero-order valence-electron chi connectivity index (χ0n) is 10.4. The number of aryl methyl sites for hydroxylation is 2. The maximum absolute atomic E-state index is 13.4. The Morgan fingerprint density at radius 2 is 2.32 bits per heavy atom. The van der Waals surface area contributed by atoms with Crippen LogP contribution in [0, 0.1) is 12.7 Å². The minimum absolute atomic E-state index is 0.198. The summed E-state index contributed by atoms with van der Waals surface area (Å²) >= 11 is 5.71. The number of benzene rings is 1. The summed E-state index contributed by atoms with van der Waals surface area (Å²) in [6, 6.07) is 4.58. The van der Waals surface area contributed by atoms with Gasteiger partial charge in [-0.05, 0) is 24.6 Å². The molecule has 0 saturated carbocycles. The average molecular weight is 282 g/mol. The number of nitrogens with one attached hydrogen (secondary N) is 1. The zero-order valence-corrected chi connectivity index (χ0v) is 11.1. The minimum atomic E-state index is -0.443. The third-order valence-electron chi connectivity index (χ3n) is 2.57. The first kappa shape index (κ1) is 13.5. The van der Waals surface area contributed by atoms with Crippen molar-refractivity contribution in [3.63, 3.8) is 0 Å². The number of hydrogen-bond acceptors (Lipinski definition) is 2. The Balaban J connectivity index is 1.92. The summed E-state index contributed by atoms with van der Waals surface area (Å²) in [6.45, 7) is 2.23. The number of anilines is 1. The van der Waals surface area contributed by atoms with E-state index in [0.29, 0.717) is 11.6 Å². The standard InChI is InChI=1S/C13H13ClFN3O/c1-9-2-3-11(15)12(6-9)17-13(19)4-5-18-8-10(14)7-16-18/h2-3,6-8H,4-5H2,1H3,(H,17,19). The van der Waals surface area contributed by atoms with Crippen LogP contribution in [0.5, 0.6) is 0 Å². The van der Waals surface area contributed by atoms with E-state index in [9.17, 15) is 9.18 Å². The van der Waals surface area contributed by atoms with E-state index in [4.69, 9.17) is 11.6 Å². The first-order valence-corrected chi connectivity index (χ1v) is 6.16. The molecule has 4 nitrogen and oxygen atoms in total. The molecule has 1 aromatic heterocycles. The van der Waals surface area contributed by atoms with Crippen molar-refractivity contribution in [3.8, 4) is 0 Å². The lowest BCUT2D eigenvalue weighted by Crippen LogP contribution is -2.15. The Bertz CT molecular complexity index is 597. The second-order valence-corrected chi connectivity index (χ2v) is 4.64. The highest BCUT2D eigenvalue weighted by Gasteiger charge is 2.07. The number of rotatable bonds is 4. The SMILES string of the molecule is Cc1ccc(F)c(NC(=O)CCn2cc(Cl)cn2)c1. The molecule has 2 rings (SSSR count). The first-order chi connectivity index (χ1) is 9.04. The molecule has 0 radical (unpaired) electrons. The van der Waals surface area contributed by atoms with Gasteiger partial charge in [-0.2, -0.15) is 5.10 Å². The number of halogens is 2. The minimum Gasteiger partial charge on any atom is -0.324 e. The van der Waals surface area contributed by atoms with Crippen LogP contribution in [0.1, 0.15) is 12.0 Å². The van der Waals surface area contributed by atoms with Gasteiger partial charge < -0.3 is 5.32 Å².